The van der Waals surface area contributed by atoms with Crippen LogP contribution in [0.15, 0.2) is 24.3 Å². The highest BCUT2D eigenvalue weighted by molar-refractivity contribution is 7.91. The molecule has 1 aromatic carbocycles. The standard InChI is InChI=1S/C19H27N3O4S/c1-3-22(17-7-12-27(25,26)14-17)19(24)16-6-4-5-15(13-16)18(23)21-10-8-20(2)9-11-21/h4-6,13,17H,3,7-12,14H2,1-2H3. The highest BCUT2D eigenvalue weighted by atomic mass is 32.2. The van der Waals surface area contributed by atoms with Crippen LogP contribution < -0.4 is 0 Å². The molecule has 8 heteroatoms. The summed E-state index contributed by atoms with van der Waals surface area (Å²) in [6.07, 6.45) is 0.474. The maximum absolute atomic E-state index is 13.0. The second kappa shape index (κ2) is 7.98. The lowest BCUT2D eigenvalue weighted by Gasteiger charge is -2.32. The summed E-state index contributed by atoms with van der Waals surface area (Å²) in [4.78, 5) is 31.3. The van der Waals surface area contributed by atoms with Crippen molar-refractivity contribution in [3.63, 3.8) is 0 Å². The predicted octanol–water partition coefficient (Wildman–Crippen LogP) is 0.723. The van der Waals surface area contributed by atoms with Crippen LogP contribution in [0.3, 0.4) is 0 Å². The third kappa shape index (κ3) is 4.50. The van der Waals surface area contributed by atoms with E-state index in [0.717, 1.165) is 13.1 Å². The van der Waals surface area contributed by atoms with Gasteiger partial charge in [0.05, 0.1) is 11.5 Å². The highest BCUT2D eigenvalue weighted by Crippen LogP contribution is 2.20. The molecule has 0 spiro atoms. The van der Waals surface area contributed by atoms with Crippen LogP contribution in [0.5, 0.6) is 0 Å². The van der Waals surface area contributed by atoms with Gasteiger partial charge in [-0.15, -0.1) is 0 Å². The minimum Gasteiger partial charge on any atom is -0.336 e. The van der Waals surface area contributed by atoms with E-state index >= 15 is 0 Å². The van der Waals surface area contributed by atoms with Gasteiger partial charge in [-0.2, -0.15) is 0 Å². The van der Waals surface area contributed by atoms with Crippen molar-refractivity contribution in [2.75, 3.05) is 51.3 Å². The number of carbonyl (C=O) groups is 2. The molecule has 27 heavy (non-hydrogen) atoms. The number of sulfone groups is 1. The van der Waals surface area contributed by atoms with Crippen LogP contribution in [0.4, 0.5) is 0 Å². The number of hydrogen-bond donors (Lipinski definition) is 0. The SMILES string of the molecule is CCN(C(=O)c1cccc(C(=O)N2CCN(C)CC2)c1)C1CCS(=O)(=O)C1. The lowest BCUT2D eigenvalue weighted by molar-refractivity contribution is 0.0664. The molecule has 0 radical (unpaired) electrons. The number of rotatable bonds is 4. The summed E-state index contributed by atoms with van der Waals surface area (Å²) in [6.45, 7) is 5.31. The average Bonchev–Trinajstić information content (AvgIpc) is 3.02. The second-order valence-electron chi connectivity index (χ2n) is 7.32. The van der Waals surface area contributed by atoms with Crippen LogP contribution in [0.25, 0.3) is 0 Å². The van der Waals surface area contributed by atoms with E-state index in [2.05, 4.69) is 4.90 Å². The van der Waals surface area contributed by atoms with Gasteiger partial charge in [0.1, 0.15) is 0 Å². The fraction of sp³-hybridized carbons (Fsp3) is 0.579. The lowest BCUT2D eigenvalue weighted by Crippen LogP contribution is -2.47. The summed E-state index contributed by atoms with van der Waals surface area (Å²) in [6, 6.07) is 6.48. The predicted molar refractivity (Wildman–Crippen MR) is 104 cm³/mol. The van der Waals surface area contributed by atoms with Crippen molar-refractivity contribution in [1.29, 1.82) is 0 Å². The van der Waals surface area contributed by atoms with E-state index in [0.29, 0.717) is 37.2 Å². The van der Waals surface area contributed by atoms with Gasteiger partial charge in [0, 0.05) is 49.9 Å². The Kier molecular flexibility index (Phi) is 5.86. The fourth-order valence-electron chi connectivity index (χ4n) is 3.73. The molecule has 2 heterocycles. The summed E-state index contributed by atoms with van der Waals surface area (Å²) in [5.41, 5.74) is 0.932. The van der Waals surface area contributed by atoms with Crippen molar-refractivity contribution in [2.24, 2.45) is 0 Å². The van der Waals surface area contributed by atoms with Gasteiger partial charge in [-0.05, 0) is 38.6 Å². The number of amides is 2. The Morgan fingerprint density at radius 2 is 1.81 bits per heavy atom. The minimum absolute atomic E-state index is 0.0203. The molecule has 148 valence electrons. The first-order valence-corrected chi connectivity index (χ1v) is 11.2. The monoisotopic (exact) mass is 393 g/mol. The van der Waals surface area contributed by atoms with E-state index in [1.165, 1.54) is 0 Å². The van der Waals surface area contributed by atoms with Gasteiger partial charge in [-0.25, -0.2) is 8.42 Å². The van der Waals surface area contributed by atoms with Gasteiger partial charge in [0.2, 0.25) is 0 Å². The first kappa shape index (κ1) is 19.8. The van der Waals surface area contributed by atoms with E-state index in [9.17, 15) is 18.0 Å². The molecule has 7 nitrogen and oxygen atoms in total. The molecular formula is C19H27N3O4S. The van der Waals surface area contributed by atoms with Crippen LogP contribution >= 0.6 is 0 Å². The number of carbonyl (C=O) groups excluding carboxylic acids is 2. The van der Waals surface area contributed by atoms with Crippen molar-refractivity contribution in [3.8, 4) is 0 Å². The zero-order chi connectivity index (χ0) is 19.6. The summed E-state index contributed by atoms with van der Waals surface area (Å²) in [7, 11) is -1.03. The quantitative estimate of drug-likeness (QED) is 0.753. The highest BCUT2D eigenvalue weighted by Gasteiger charge is 2.34. The van der Waals surface area contributed by atoms with Crippen LogP contribution in [-0.2, 0) is 9.84 Å². The van der Waals surface area contributed by atoms with Gasteiger partial charge in [-0.3, -0.25) is 9.59 Å². The Morgan fingerprint density at radius 1 is 1.15 bits per heavy atom. The average molecular weight is 394 g/mol. The molecule has 0 aromatic heterocycles. The van der Waals surface area contributed by atoms with E-state index in [-0.39, 0.29) is 29.4 Å². The lowest BCUT2D eigenvalue weighted by atomic mass is 10.1. The Hall–Kier alpha value is -1.93. The van der Waals surface area contributed by atoms with Crippen molar-refractivity contribution in [3.05, 3.63) is 35.4 Å². The molecule has 0 N–H and O–H groups in total. The smallest absolute Gasteiger partial charge is 0.254 e. The molecule has 1 aromatic rings. The molecule has 0 bridgehead atoms. The van der Waals surface area contributed by atoms with E-state index < -0.39 is 9.84 Å². The molecule has 1 unspecified atom stereocenters. The van der Waals surface area contributed by atoms with E-state index in [1.807, 2.05) is 18.9 Å². The Labute approximate surface area is 160 Å². The molecule has 2 saturated heterocycles. The number of hydrogen-bond acceptors (Lipinski definition) is 5. The summed E-state index contributed by atoms with van der Waals surface area (Å²) in [5.74, 6) is -0.132. The Bertz CT molecular complexity index is 816. The minimum atomic E-state index is -3.07. The van der Waals surface area contributed by atoms with Crippen LogP contribution in [0, 0.1) is 0 Å². The third-order valence-corrected chi connectivity index (χ3v) is 7.15. The van der Waals surface area contributed by atoms with Crippen molar-refractivity contribution >= 4 is 21.7 Å². The van der Waals surface area contributed by atoms with E-state index in [4.69, 9.17) is 0 Å². The van der Waals surface area contributed by atoms with Crippen molar-refractivity contribution in [2.45, 2.75) is 19.4 Å². The Balaban J connectivity index is 1.76. The first-order valence-electron chi connectivity index (χ1n) is 9.40. The molecule has 0 saturated carbocycles. The molecule has 3 rings (SSSR count). The van der Waals surface area contributed by atoms with E-state index in [1.54, 1.807) is 29.2 Å². The maximum atomic E-state index is 13.0. The number of piperazine rings is 1. The number of likely N-dealkylation sites (N-methyl/N-ethyl adjacent to an activating group) is 1. The number of nitrogens with zero attached hydrogens (tertiary/aromatic N) is 3. The third-order valence-electron chi connectivity index (χ3n) is 5.40. The second-order valence-corrected chi connectivity index (χ2v) is 9.55. The Morgan fingerprint density at radius 3 is 2.41 bits per heavy atom. The van der Waals surface area contributed by atoms with Crippen molar-refractivity contribution < 1.29 is 18.0 Å². The van der Waals surface area contributed by atoms with Gasteiger partial charge in [0.15, 0.2) is 9.84 Å². The van der Waals surface area contributed by atoms with Gasteiger partial charge < -0.3 is 14.7 Å². The van der Waals surface area contributed by atoms with Crippen LogP contribution in [-0.4, -0.2) is 92.3 Å². The zero-order valence-electron chi connectivity index (χ0n) is 15.9. The molecule has 2 aliphatic heterocycles. The number of benzene rings is 1. The maximum Gasteiger partial charge on any atom is 0.254 e. The van der Waals surface area contributed by atoms with Crippen molar-refractivity contribution in [1.82, 2.24) is 14.7 Å². The summed E-state index contributed by atoms with van der Waals surface area (Å²) >= 11 is 0. The zero-order valence-corrected chi connectivity index (χ0v) is 16.7. The van der Waals surface area contributed by atoms with Gasteiger partial charge in [-0.1, -0.05) is 6.07 Å². The normalized spacial score (nSPS) is 22.6. The molecule has 2 aliphatic rings. The summed E-state index contributed by atoms with van der Waals surface area (Å²) < 4.78 is 23.5. The molecular weight excluding hydrogens is 366 g/mol. The largest absolute Gasteiger partial charge is 0.336 e. The van der Waals surface area contributed by atoms with Gasteiger partial charge >= 0.3 is 0 Å². The summed E-state index contributed by atoms with van der Waals surface area (Å²) in [5, 5.41) is 0. The topological polar surface area (TPSA) is 78.0 Å². The van der Waals surface area contributed by atoms with Gasteiger partial charge in [0.25, 0.3) is 11.8 Å². The fourth-order valence-corrected chi connectivity index (χ4v) is 5.46. The molecule has 0 aliphatic carbocycles. The molecule has 1 atom stereocenters. The molecule has 2 amide bonds. The van der Waals surface area contributed by atoms with Crippen LogP contribution in [0.2, 0.25) is 0 Å². The molecule has 2 fully saturated rings. The van der Waals surface area contributed by atoms with Crippen LogP contribution in [0.1, 0.15) is 34.1 Å². The first-order chi connectivity index (χ1) is 12.8.